The zero-order valence-electron chi connectivity index (χ0n) is 13.5. The Bertz CT molecular complexity index is 442. The SMILES string of the molecule is CCOCCC[NH2+]CC(=O)Nc1ccc(N2CCCC2)cc1. The van der Waals surface area contributed by atoms with Crippen LogP contribution >= 0.6 is 0 Å². The molecule has 0 unspecified atom stereocenters. The quantitative estimate of drug-likeness (QED) is 0.674. The van der Waals surface area contributed by atoms with Gasteiger partial charge in [0.1, 0.15) is 0 Å². The molecule has 1 heterocycles. The summed E-state index contributed by atoms with van der Waals surface area (Å²) in [5.41, 5.74) is 2.12. The van der Waals surface area contributed by atoms with E-state index in [1.54, 1.807) is 0 Å². The van der Waals surface area contributed by atoms with Crippen LogP contribution in [0.5, 0.6) is 0 Å². The van der Waals surface area contributed by atoms with Crippen molar-refractivity contribution in [1.82, 2.24) is 0 Å². The molecule has 0 atom stereocenters. The molecule has 122 valence electrons. The maximum Gasteiger partial charge on any atom is 0.279 e. The summed E-state index contributed by atoms with van der Waals surface area (Å²) in [4.78, 5) is 14.2. The van der Waals surface area contributed by atoms with E-state index in [1.165, 1.54) is 18.5 Å². The second kappa shape index (κ2) is 9.43. The van der Waals surface area contributed by atoms with Gasteiger partial charge in [0.25, 0.3) is 5.91 Å². The molecule has 1 fully saturated rings. The number of nitrogens with zero attached hydrogens (tertiary/aromatic N) is 1. The largest absolute Gasteiger partial charge is 0.382 e. The van der Waals surface area contributed by atoms with Gasteiger partial charge in [-0.15, -0.1) is 0 Å². The minimum atomic E-state index is 0.0466. The number of hydrogen-bond donors (Lipinski definition) is 2. The van der Waals surface area contributed by atoms with Gasteiger partial charge in [-0.25, -0.2) is 0 Å². The maximum absolute atomic E-state index is 11.9. The van der Waals surface area contributed by atoms with E-state index >= 15 is 0 Å². The summed E-state index contributed by atoms with van der Waals surface area (Å²) in [5, 5.41) is 4.96. The normalized spacial score (nSPS) is 14.3. The number of amides is 1. The van der Waals surface area contributed by atoms with E-state index in [0.29, 0.717) is 6.54 Å². The molecule has 1 amide bonds. The predicted molar refractivity (Wildman–Crippen MR) is 89.3 cm³/mol. The van der Waals surface area contributed by atoms with Gasteiger partial charge in [0.05, 0.1) is 13.2 Å². The van der Waals surface area contributed by atoms with Gasteiger partial charge in [-0.2, -0.15) is 0 Å². The van der Waals surface area contributed by atoms with Crippen molar-refractivity contribution in [3.05, 3.63) is 24.3 Å². The number of hydrogen-bond acceptors (Lipinski definition) is 3. The molecule has 1 aromatic carbocycles. The Hall–Kier alpha value is -1.59. The number of carbonyl (C=O) groups excluding carboxylic acids is 1. The van der Waals surface area contributed by atoms with Crippen molar-refractivity contribution >= 4 is 17.3 Å². The van der Waals surface area contributed by atoms with Gasteiger partial charge in [0.2, 0.25) is 0 Å². The summed E-state index contributed by atoms with van der Waals surface area (Å²) in [6.07, 6.45) is 3.53. The molecule has 1 saturated heterocycles. The number of nitrogens with two attached hydrogens (primary N) is 1. The molecule has 5 nitrogen and oxygen atoms in total. The van der Waals surface area contributed by atoms with Crippen molar-refractivity contribution < 1.29 is 14.8 Å². The van der Waals surface area contributed by atoms with E-state index in [1.807, 2.05) is 24.4 Å². The van der Waals surface area contributed by atoms with Gasteiger partial charge in [-0.3, -0.25) is 4.79 Å². The molecule has 3 N–H and O–H groups in total. The van der Waals surface area contributed by atoms with E-state index in [9.17, 15) is 4.79 Å². The maximum atomic E-state index is 11.9. The first kappa shape index (κ1) is 16.8. The van der Waals surface area contributed by atoms with Crippen molar-refractivity contribution in [3.8, 4) is 0 Å². The van der Waals surface area contributed by atoms with Crippen LogP contribution in [0.3, 0.4) is 0 Å². The van der Waals surface area contributed by atoms with Crippen molar-refractivity contribution in [2.45, 2.75) is 26.2 Å². The van der Waals surface area contributed by atoms with Crippen LogP contribution in [0.15, 0.2) is 24.3 Å². The van der Waals surface area contributed by atoms with Gasteiger partial charge >= 0.3 is 0 Å². The minimum absolute atomic E-state index is 0.0466. The number of carbonyl (C=O) groups is 1. The van der Waals surface area contributed by atoms with Crippen molar-refractivity contribution in [1.29, 1.82) is 0 Å². The summed E-state index contributed by atoms with van der Waals surface area (Å²) in [7, 11) is 0. The molecular weight excluding hydrogens is 278 g/mol. The van der Waals surface area contributed by atoms with Gasteiger partial charge in [-0.1, -0.05) is 0 Å². The average Bonchev–Trinajstić information content (AvgIpc) is 3.06. The topological polar surface area (TPSA) is 58.2 Å². The summed E-state index contributed by atoms with van der Waals surface area (Å²) >= 11 is 0. The van der Waals surface area contributed by atoms with Crippen LogP contribution in [-0.2, 0) is 9.53 Å². The Morgan fingerprint density at radius 1 is 1.27 bits per heavy atom. The van der Waals surface area contributed by atoms with E-state index in [4.69, 9.17) is 4.74 Å². The third-order valence-electron chi connectivity index (χ3n) is 3.85. The fourth-order valence-electron chi connectivity index (χ4n) is 2.65. The van der Waals surface area contributed by atoms with Crippen LogP contribution in [0, 0.1) is 0 Å². The van der Waals surface area contributed by atoms with Gasteiger partial charge < -0.3 is 20.3 Å². The lowest BCUT2D eigenvalue weighted by molar-refractivity contribution is -0.644. The number of rotatable bonds is 9. The van der Waals surface area contributed by atoms with Gasteiger partial charge in [-0.05, 0) is 44.0 Å². The van der Waals surface area contributed by atoms with Gasteiger partial charge in [0.15, 0.2) is 6.54 Å². The van der Waals surface area contributed by atoms with Crippen molar-refractivity contribution in [2.24, 2.45) is 0 Å². The molecule has 1 aliphatic rings. The Morgan fingerprint density at radius 3 is 2.68 bits per heavy atom. The first-order valence-corrected chi connectivity index (χ1v) is 8.34. The van der Waals surface area contributed by atoms with E-state index in [-0.39, 0.29) is 5.91 Å². The Balaban J connectivity index is 1.65. The molecule has 22 heavy (non-hydrogen) atoms. The summed E-state index contributed by atoms with van der Waals surface area (Å²) in [6, 6.07) is 8.15. The van der Waals surface area contributed by atoms with Crippen LogP contribution in [0.4, 0.5) is 11.4 Å². The molecule has 0 bridgehead atoms. The lowest BCUT2D eigenvalue weighted by Gasteiger charge is -2.17. The molecule has 5 heteroatoms. The van der Waals surface area contributed by atoms with E-state index in [0.717, 1.165) is 45.0 Å². The first-order valence-electron chi connectivity index (χ1n) is 8.34. The molecule has 2 rings (SSSR count). The standard InChI is InChI=1S/C17H27N3O2/c1-2-22-13-5-10-18-14-17(21)19-15-6-8-16(9-7-15)20-11-3-4-12-20/h6-9,18H,2-5,10-14H2,1H3,(H,19,21)/p+1. The Morgan fingerprint density at radius 2 is 2.00 bits per heavy atom. The molecule has 0 spiro atoms. The number of benzene rings is 1. The van der Waals surface area contributed by atoms with Crippen molar-refractivity contribution in [3.63, 3.8) is 0 Å². The first-order chi connectivity index (χ1) is 10.8. The van der Waals surface area contributed by atoms with Crippen LogP contribution in [-0.4, -0.2) is 45.3 Å². The van der Waals surface area contributed by atoms with E-state index in [2.05, 4.69) is 22.3 Å². The summed E-state index contributed by atoms with van der Waals surface area (Å²) in [5.74, 6) is 0.0466. The molecule has 1 aliphatic heterocycles. The summed E-state index contributed by atoms with van der Waals surface area (Å²) in [6.45, 7) is 7.18. The van der Waals surface area contributed by atoms with Crippen LogP contribution < -0.4 is 15.5 Å². The van der Waals surface area contributed by atoms with Gasteiger partial charge in [0, 0.05) is 37.5 Å². The monoisotopic (exact) mass is 306 g/mol. The number of quaternary nitrogens is 1. The molecular formula is C17H28N3O2+. The average molecular weight is 306 g/mol. The van der Waals surface area contributed by atoms with Crippen LogP contribution in [0.25, 0.3) is 0 Å². The smallest absolute Gasteiger partial charge is 0.279 e. The van der Waals surface area contributed by atoms with Crippen LogP contribution in [0.1, 0.15) is 26.2 Å². The zero-order valence-corrected chi connectivity index (χ0v) is 13.5. The third kappa shape index (κ3) is 5.66. The second-order valence-electron chi connectivity index (χ2n) is 5.62. The molecule has 0 aliphatic carbocycles. The molecule has 0 radical (unpaired) electrons. The highest BCUT2D eigenvalue weighted by Gasteiger charge is 2.12. The molecule has 0 aromatic heterocycles. The predicted octanol–water partition coefficient (Wildman–Crippen LogP) is 1.22. The minimum Gasteiger partial charge on any atom is -0.382 e. The third-order valence-corrected chi connectivity index (χ3v) is 3.85. The fourth-order valence-corrected chi connectivity index (χ4v) is 2.65. The Kier molecular flexibility index (Phi) is 7.19. The highest BCUT2D eigenvalue weighted by atomic mass is 16.5. The Labute approximate surface area is 133 Å². The highest BCUT2D eigenvalue weighted by Crippen LogP contribution is 2.21. The lowest BCUT2D eigenvalue weighted by atomic mass is 10.2. The molecule has 0 saturated carbocycles. The number of nitrogens with one attached hydrogen (secondary N) is 1. The lowest BCUT2D eigenvalue weighted by Crippen LogP contribution is -2.86. The van der Waals surface area contributed by atoms with Crippen molar-refractivity contribution in [2.75, 3.05) is 49.6 Å². The number of ether oxygens (including phenoxy) is 1. The highest BCUT2D eigenvalue weighted by molar-refractivity contribution is 5.91. The molecule has 1 aromatic rings. The fraction of sp³-hybridized carbons (Fsp3) is 0.588. The zero-order chi connectivity index (χ0) is 15.6. The second-order valence-corrected chi connectivity index (χ2v) is 5.62. The number of anilines is 2. The van der Waals surface area contributed by atoms with Crippen LogP contribution in [0.2, 0.25) is 0 Å². The summed E-state index contributed by atoms with van der Waals surface area (Å²) < 4.78 is 5.27. The van der Waals surface area contributed by atoms with E-state index < -0.39 is 0 Å².